The van der Waals surface area contributed by atoms with E-state index >= 15 is 0 Å². The maximum atomic E-state index is 11.0. The summed E-state index contributed by atoms with van der Waals surface area (Å²) in [5.41, 5.74) is 3.13. The molecule has 2 aromatic carbocycles. The third kappa shape index (κ3) is 4.90. The van der Waals surface area contributed by atoms with Crippen LogP contribution in [0.4, 0.5) is 5.69 Å². The molecule has 0 aliphatic carbocycles. The largest absolute Gasteiger partial charge is 0.549 e. The molecule has 0 unspecified atom stereocenters. The average Bonchev–Trinajstić information content (AvgIpc) is 3.11. The van der Waals surface area contributed by atoms with Gasteiger partial charge in [0, 0.05) is 29.4 Å². The summed E-state index contributed by atoms with van der Waals surface area (Å²) in [6, 6.07) is 16.2. The molecular formula is C21H21N2O2S2-. The number of fused-ring (bicyclic) bond motifs is 1. The number of hydrogen-bond acceptors (Lipinski definition) is 6. The second-order valence-electron chi connectivity index (χ2n) is 5.92. The van der Waals surface area contributed by atoms with Gasteiger partial charge in [0.2, 0.25) is 0 Å². The lowest BCUT2D eigenvalue weighted by Gasteiger charge is -2.20. The Bertz CT molecular complexity index is 911. The number of carbonyl (C=O) groups is 1. The molecule has 0 atom stereocenters. The second kappa shape index (κ2) is 9.06. The second-order valence-corrected chi connectivity index (χ2v) is 7.97. The molecule has 4 nitrogen and oxygen atoms in total. The Labute approximate surface area is 167 Å². The Kier molecular flexibility index (Phi) is 6.53. The molecule has 0 amide bonds. The van der Waals surface area contributed by atoms with Gasteiger partial charge in [0.25, 0.3) is 0 Å². The SMILES string of the molecule is CCN(CC)c1ccc(/C=C(\SCC(=O)[O-])c2nc3ccccc3s2)cc1. The predicted molar refractivity (Wildman–Crippen MR) is 115 cm³/mol. The highest BCUT2D eigenvalue weighted by atomic mass is 32.2. The van der Waals surface area contributed by atoms with Gasteiger partial charge in [-0.05, 0) is 49.8 Å². The van der Waals surface area contributed by atoms with Crippen molar-refractivity contribution in [2.24, 2.45) is 0 Å². The lowest BCUT2D eigenvalue weighted by Crippen LogP contribution is -2.24. The Balaban J connectivity index is 1.93. The van der Waals surface area contributed by atoms with Crippen LogP contribution in [0.25, 0.3) is 21.2 Å². The van der Waals surface area contributed by atoms with E-state index in [9.17, 15) is 9.90 Å². The van der Waals surface area contributed by atoms with Crippen molar-refractivity contribution >= 4 is 56.0 Å². The molecule has 3 rings (SSSR count). The predicted octanol–water partition coefficient (Wildman–Crippen LogP) is 4.12. The number of carboxylic acid groups (broad SMARTS) is 1. The van der Waals surface area contributed by atoms with E-state index in [1.807, 2.05) is 30.3 Å². The zero-order chi connectivity index (χ0) is 19.2. The number of rotatable bonds is 8. The van der Waals surface area contributed by atoms with Gasteiger partial charge < -0.3 is 14.8 Å². The van der Waals surface area contributed by atoms with E-state index in [-0.39, 0.29) is 5.75 Å². The smallest absolute Gasteiger partial charge is 0.131 e. The van der Waals surface area contributed by atoms with E-state index < -0.39 is 5.97 Å². The minimum absolute atomic E-state index is 0.0979. The van der Waals surface area contributed by atoms with Crippen molar-refractivity contribution in [3.05, 3.63) is 59.1 Å². The summed E-state index contributed by atoms with van der Waals surface area (Å²) in [7, 11) is 0. The van der Waals surface area contributed by atoms with Crippen molar-refractivity contribution in [3.8, 4) is 0 Å². The maximum Gasteiger partial charge on any atom is 0.131 e. The number of carboxylic acids is 1. The Hall–Kier alpha value is -2.31. The summed E-state index contributed by atoms with van der Waals surface area (Å²) >= 11 is 2.82. The highest BCUT2D eigenvalue weighted by Gasteiger charge is 2.10. The van der Waals surface area contributed by atoms with Gasteiger partial charge in [0.15, 0.2) is 0 Å². The first kappa shape index (κ1) is 19.5. The first-order chi connectivity index (χ1) is 13.1. The van der Waals surface area contributed by atoms with Gasteiger partial charge in [-0.3, -0.25) is 0 Å². The summed E-state index contributed by atoms with van der Waals surface area (Å²) in [5.74, 6) is -1.18. The summed E-state index contributed by atoms with van der Waals surface area (Å²) in [6.07, 6.45) is 2.00. The molecule has 0 N–H and O–H groups in total. The van der Waals surface area contributed by atoms with Crippen molar-refractivity contribution < 1.29 is 9.90 Å². The molecule has 1 aromatic heterocycles. The molecule has 6 heteroatoms. The molecule has 27 heavy (non-hydrogen) atoms. The maximum absolute atomic E-state index is 11.0. The number of aromatic nitrogens is 1. The molecule has 0 fully saturated rings. The minimum Gasteiger partial charge on any atom is -0.549 e. The Morgan fingerprint density at radius 1 is 1.15 bits per heavy atom. The molecule has 0 saturated heterocycles. The molecule has 0 bridgehead atoms. The number of carbonyl (C=O) groups excluding carboxylic acids is 1. The van der Waals surface area contributed by atoms with Crippen molar-refractivity contribution in [2.75, 3.05) is 23.7 Å². The first-order valence-electron chi connectivity index (χ1n) is 8.86. The molecular weight excluding hydrogens is 376 g/mol. The Morgan fingerprint density at radius 2 is 1.85 bits per heavy atom. The highest BCUT2D eigenvalue weighted by Crippen LogP contribution is 2.35. The Morgan fingerprint density at radius 3 is 2.48 bits per heavy atom. The number of aliphatic carboxylic acids is 1. The van der Waals surface area contributed by atoms with Crippen LogP contribution in [0, 0.1) is 0 Å². The number of thioether (sulfide) groups is 1. The lowest BCUT2D eigenvalue weighted by atomic mass is 10.2. The minimum atomic E-state index is -1.08. The van der Waals surface area contributed by atoms with Crippen molar-refractivity contribution in [1.82, 2.24) is 4.98 Å². The van der Waals surface area contributed by atoms with E-state index in [0.717, 1.165) is 38.8 Å². The van der Waals surface area contributed by atoms with Crippen molar-refractivity contribution in [3.63, 3.8) is 0 Å². The van der Waals surface area contributed by atoms with Crippen LogP contribution < -0.4 is 10.0 Å². The third-order valence-electron chi connectivity index (χ3n) is 4.17. The number of nitrogens with zero attached hydrogens (tertiary/aromatic N) is 2. The quantitative estimate of drug-likeness (QED) is 0.572. The molecule has 0 spiro atoms. The van der Waals surface area contributed by atoms with Crippen LogP contribution in [0.3, 0.4) is 0 Å². The summed E-state index contributed by atoms with van der Waals surface area (Å²) < 4.78 is 1.09. The van der Waals surface area contributed by atoms with Crippen LogP contribution in [0.5, 0.6) is 0 Å². The van der Waals surface area contributed by atoms with E-state index in [2.05, 4.69) is 48.0 Å². The van der Waals surface area contributed by atoms with Crippen molar-refractivity contribution in [2.45, 2.75) is 13.8 Å². The highest BCUT2D eigenvalue weighted by molar-refractivity contribution is 8.09. The molecule has 140 valence electrons. The van der Waals surface area contributed by atoms with Gasteiger partial charge in [0.05, 0.1) is 16.2 Å². The van der Waals surface area contributed by atoms with Crippen LogP contribution >= 0.6 is 23.1 Å². The van der Waals surface area contributed by atoms with Crippen LogP contribution in [0.1, 0.15) is 24.4 Å². The van der Waals surface area contributed by atoms with Gasteiger partial charge in [-0.15, -0.1) is 23.1 Å². The van der Waals surface area contributed by atoms with Gasteiger partial charge >= 0.3 is 0 Å². The van der Waals surface area contributed by atoms with Crippen LogP contribution in [-0.2, 0) is 4.79 Å². The average molecular weight is 398 g/mol. The molecule has 0 radical (unpaired) electrons. The molecule has 1 heterocycles. The number of benzene rings is 2. The normalized spacial score (nSPS) is 11.7. The zero-order valence-electron chi connectivity index (χ0n) is 15.3. The zero-order valence-corrected chi connectivity index (χ0v) is 17.0. The standard InChI is InChI=1S/C21H22N2O2S2/c1-3-23(4-2)16-11-9-15(10-12-16)13-19(26-14-20(24)25)21-22-17-7-5-6-8-18(17)27-21/h5-13H,3-4,14H2,1-2H3,(H,24,25)/p-1/b19-13-. The van der Waals surface area contributed by atoms with Gasteiger partial charge in [-0.25, -0.2) is 4.98 Å². The first-order valence-corrected chi connectivity index (χ1v) is 10.7. The van der Waals surface area contributed by atoms with E-state index in [4.69, 9.17) is 0 Å². The number of hydrogen-bond donors (Lipinski definition) is 0. The van der Waals surface area contributed by atoms with E-state index in [1.54, 1.807) is 11.3 Å². The molecule has 0 saturated carbocycles. The molecule has 3 aromatic rings. The fourth-order valence-electron chi connectivity index (χ4n) is 2.80. The summed E-state index contributed by atoms with van der Waals surface area (Å²) in [6.45, 7) is 6.20. The third-order valence-corrected chi connectivity index (χ3v) is 6.37. The lowest BCUT2D eigenvalue weighted by molar-refractivity contribution is -0.301. The molecule has 0 aliphatic heterocycles. The van der Waals surface area contributed by atoms with Crippen LogP contribution in [0.2, 0.25) is 0 Å². The van der Waals surface area contributed by atoms with E-state index in [0.29, 0.717) is 0 Å². The molecule has 0 aliphatic rings. The monoisotopic (exact) mass is 397 g/mol. The van der Waals surface area contributed by atoms with Crippen molar-refractivity contribution in [1.29, 1.82) is 0 Å². The number of para-hydroxylation sites is 1. The fourth-order valence-corrected chi connectivity index (χ4v) is 4.64. The van der Waals surface area contributed by atoms with Gasteiger partial charge in [-0.1, -0.05) is 24.3 Å². The van der Waals surface area contributed by atoms with Crippen LogP contribution in [0.15, 0.2) is 48.5 Å². The van der Waals surface area contributed by atoms with Gasteiger partial charge in [0.1, 0.15) is 5.01 Å². The topological polar surface area (TPSA) is 56.3 Å². The summed E-state index contributed by atoms with van der Waals surface area (Å²) in [5, 5.41) is 11.8. The van der Waals surface area contributed by atoms with Gasteiger partial charge in [-0.2, -0.15) is 0 Å². The van der Waals surface area contributed by atoms with Crippen LogP contribution in [-0.4, -0.2) is 29.8 Å². The number of anilines is 1. The van der Waals surface area contributed by atoms with E-state index in [1.165, 1.54) is 17.4 Å². The number of thiazole rings is 1. The fraction of sp³-hybridized carbons (Fsp3) is 0.238. The summed E-state index contributed by atoms with van der Waals surface area (Å²) in [4.78, 5) is 18.8.